The van der Waals surface area contributed by atoms with Gasteiger partial charge in [0.1, 0.15) is 0 Å². The van der Waals surface area contributed by atoms with Crippen LogP contribution in [0.3, 0.4) is 0 Å². The summed E-state index contributed by atoms with van der Waals surface area (Å²) in [6.07, 6.45) is -1.84. The molecule has 1 heterocycles. The molecule has 0 bridgehead atoms. The fraction of sp³-hybridized carbons (Fsp3) is 0.316. The zero-order chi connectivity index (χ0) is 23.4. The number of rotatable bonds is 7. The number of carbonyl (C=O) groups is 1. The van der Waals surface area contributed by atoms with Gasteiger partial charge in [0.2, 0.25) is 5.82 Å². The third-order valence-electron chi connectivity index (χ3n) is 3.98. The number of sulfone groups is 1. The molecule has 0 saturated heterocycles. The quantitative estimate of drug-likeness (QED) is 0.626. The average Bonchev–Trinajstić information content (AvgIpc) is 2.65. The van der Waals surface area contributed by atoms with Gasteiger partial charge in [0.25, 0.3) is 5.91 Å². The van der Waals surface area contributed by atoms with Crippen molar-refractivity contribution in [3.05, 3.63) is 64.1 Å². The van der Waals surface area contributed by atoms with Gasteiger partial charge in [0.15, 0.2) is 15.5 Å². The lowest BCUT2D eigenvalue weighted by Crippen LogP contribution is -2.33. The van der Waals surface area contributed by atoms with Crippen molar-refractivity contribution < 1.29 is 26.4 Å². The van der Waals surface area contributed by atoms with Gasteiger partial charge in [-0.25, -0.2) is 18.4 Å². The van der Waals surface area contributed by atoms with Crippen molar-refractivity contribution in [1.29, 1.82) is 0 Å². The molecule has 12 heteroatoms. The first-order valence-electron chi connectivity index (χ1n) is 8.92. The van der Waals surface area contributed by atoms with Gasteiger partial charge in [0, 0.05) is 22.7 Å². The van der Waals surface area contributed by atoms with E-state index in [0.717, 1.165) is 17.9 Å². The van der Waals surface area contributed by atoms with E-state index >= 15 is 0 Å². The van der Waals surface area contributed by atoms with Gasteiger partial charge in [-0.1, -0.05) is 35.9 Å². The highest BCUT2D eigenvalue weighted by Crippen LogP contribution is 2.35. The largest absolute Gasteiger partial charge is 0.435 e. The van der Waals surface area contributed by atoms with Gasteiger partial charge in [-0.3, -0.25) is 4.79 Å². The fourth-order valence-corrected chi connectivity index (χ4v) is 3.35. The number of nitrogens with zero attached hydrogens (tertiary/aromatic N) is 2. The molecule has 1 amide bonds. The van der Waals surface area contributed by atoms with Crippen molar-refractivity contribution in [3.8, 4) is 0 Å². The molecule has 2 aromatic rings. The molecule has 0 aliphatic heterocycles. The van der Waals surface area contributed by atoms with Crippen LogP contribution in [-0.4, -0.2) is 36.6 Å². The Hall–Kier alpha value is -2.66. The van der Waals surface area contributed by atoms with Gasteiger partial charge in [-0.05, 0) is 25.5 Å². The molecule has 31 heavy (non-hydrogen) atoms. The number of hydrogen-bond donors (Lipinski definition) is 2. The summed E-state index contributed by atoms with van der Waals surface area (Å²) in [6, 6.07) is 5.30. The molecule has 168 valence electrons. The maximum atomic E-state index is 13.6. The number of anilines is 1. The summed E-state index contributed by atoms with van der Waals surface area (Å²) >= 11 is 6.09. The third-order valence-corrected chi connectivity index (χ3v) is 4.97. The lowest BCUT2D eigenvalue weighted by Gasteiger charge is -2.20. The molecule has 0 unspecified atom stereocenters. The second-order valence-electron chi connectivity index (χ2n) is 6.76. The molecule has 7 nitrogen and oxygen atoms in total. The average molecular weight is 477 g/mol. The zero-order valence-electron chi connectivity index (χ0n) is 16.7. The Morgan fingerprint density at radius 3 is 2.45 bits per heavy atom. The topological polar surface area (TPSA) is 101 Å². The van der Waals surface area contributed by atoms with E-state index in [2.05, 4.69) is 20.6 Å². The maximum Gasteiger partial charge on any atom is 0.435 e. The Morgan fingerprint density at radius 2 is 1.87 bits per heavy atom. The maximum absolute atomic E-state index is 13.6. The Labute approximate surface area is 182 Å². The highest BCUT2D eigenvalue weighted by molar-refractivity contribution is 7.93. The van der Waals surface area contributed by atoms with Crippen molar-refractivity contribution in [3.63, 3.8) is 0 Å². The molecular weight excluding hydrogens is 457 g/mol. The van der Waals surface area contributed by atoms with Crippen LogP contribution < -0.4 is 10.6 Å². The highest BCUT2D eigenvalue weighted by atomic mass is 35.5. The molecule has 2 atom stereocenters. The summed E-state index contributed by atoms with van der Waals surface area (Å²) in [6.45, 7) is 3.07. The number of aromatic nitrogens is 2. The predicted molar refractivity (Wildman–Crippen MR) is 111 cm³/mol. The lowest BCUT2D eigenvalue weighted by molar-refractivity contribution is -0.140. The van der Waals surface area contributed by atoms with E-state index < -0.39 is 51.2 Å². The van der Waals surface area contributed by atoms with Crippen molar-refractivity contribution in [2.24, 2.45) is 0 Å². The second-order valence-corrected chi connectivity index (χ2v) is 9.10. The SMILES string of the molecule is C[C@H](/C=C/S(C)(=O)=O)NC(=O)c1ncc(N[C@@H](C)c2ccccc2Cl)c(C(F)(F)F)n1. The van der Waals surface area contributed by atoms with Crippen LogP contribution in [0.2, 0.25) is 5.02 Å². The summed E-state index contributed by atoms with van der Waals surface area (Å²) in [5.41, 5.74) is -1.15. The minimum atomic E-state index is -4.86. The molecule has 2 rings (SSSR count). The van der Waals surface area contributed by atoms with E-state index in [1.807, 2.05) is 0 Å². The van der Waals surface area contributed by atoms with Crippen LogP contribution in [0.5, 0.6) is 0 Å². The van der Waals surface area contributed by atoms with Crippen LogP contribution in [0.4, 0.5) is 18.9 Å². The molecule has 0 fully saturated rings. The van der Waals surface area contributed by atoms with Crippen molar-refractivity contribution in [2.45, 2.75) is 32.1 Å². The Balaban J connectivity index is 2.28. The number of hydrogen-bond acceptors (Lipinski definition) is 6. The smallest absolute Gasteiger partial charge is 0.375 e. The van der Waals surface area contributed by atoms with E-state index in [4.69, 9.17) is 11.6 Å². The molecule has 1 aromatic heterocycles. The summed E-state index contributed by atoms with van der Waals surface area (Å²) in [7, 11) is -3.42. The third kappa shape index (κ3) is 7.21. The van der Waals surface area contributed by atoms with Gasteiger partial charge >= 0.3 is 6.18 Å². The number of carbonyl (C=O) groups excluding carboxylic acids is 1. The number of amides is 1. The minimum Gasteiger partial charge on any atom is -0.375 e. The summed E-state index contributed by atoms with van der Waals surface area (Å²) in [4.78, 5) is 19.3. The molecule has 2 N–H and O–H groups in total. The Morgan fingerprint density at radius 1 is 1.23 bits per heavy atom. The van der Waals surface area contributed by atoms with Crippen LogP contribution >= 0.6 is 11.6 Å². The summed E-state index contributed by atoms with van der Waals surface area (Å²) in [5.74, 6) is -1.69. The van der Waals surface area contributed by atoms with Crippen LogP contribution in [0.1, 0.15) is 41.8 Å². The van der Waals surface area contributed by atoms with Crippen molar-refractivity contribution >= 4 is 33.0 Å². The first kappa shape index (κ1) is 24.6. The molecule has 1 aromatic carbocycles. The van der Waals surface area contributed by atoms with E-state index in [1.54, 1.807) is 31.2 Å². The molecule has 0 aliphatic rings. The van der Waals surface area contributed by atoms with Crippen molar-refractivity contribution in [1.82, 2.24) is 15.3 Å². The van der Waals surface area contributed by atoms with Gasteiger partial charge in [-0.15, -0.1) is 0 Å². The van der Waals surface area contributed by atoms with Crippen LogP contribution in [0.15, 0.2) is 41.9 Å². The molecule has 0 saturated carbocycles. The van der Waals surface area contributed by atoms with Gasteiger partial charge in [-0.2, -0.15) is 13.2 Å². The highest BCUT2D eigenvalue weighted by Gasteiger charge is 2.37. The number of alkyl halides is 3. The van der Waals surface area contributed by atoms with Crippen LogP contribution in [0, 0.1) is 0 Å². The lowest BCUT2D eigenvalue weighted by atomic mass is 10.1. The number of halogens is 4. The van der Waals surface area contributed by atoms with E-state index in [9.17, 15) is 26.4 Å². The molecule has 0 spiro atoms. The second kappa shape index (κ2) is 9.65. The van der Waals surface area contributed by atoms with Crippen LogP contribution in [-0.2, 0) is 16.0 Å². The van der Waals surface area contributed by atoms with Gasteiger partial charge in [0.05, 0.1) is 17.9 Å². The predicted octanol–water partition coefficient (Wildman–Crippen LogP) is 4.00. The van der Waals surface area contributed by atoms with E-state index in [-0.39, 0.29) is 0 Å². The van der Waals surface area contributed by atoms with E-state index in [0.29, 0.717) is 10.6 Å². The van der Waals surface area contributed by atoms with Crippen molar-refractivity contribution in [2.75, 3.05) is 11.6 Å². The normalized spacial score (nSPS) is 14.3. The first-order chi connectivity index (χ1) is 14.3. The number of benzene rings is 1. The zero-order valence-corrected chi connectivity index (χ0v) is 18.3. The minimum absolute atomic E-state index is 0.379. The first-order valence-corrected chi connectivity index (χ1v) is 11.3. The van der Waals surface area contributed by atoms with Crippen LogP contribution in [0.25, 0.3) is 0 Å². The fourth-order valence-electron chi connectivity index (χ4n) is 2.53. The molecule has 0 radical (unpaired) electrons. The Kier molecular flexibility index (Phi) is 7.66. The molecular formula is C19H20ClF3N4O3S. The Bertz CT molecular complexity index is 1090. The monoisotopic (exact) mass is 476 g/mol. The summed E-state index contributed by atoms with van der Waals surface area (Å²) < 4.78 is 63.0. The van der Waals surface area contributed by atoms with Gasteiger partial charge < -0.3 is 10.6 Å². The molecule has 0 aliphatic carbocycles. The number of nitrogens with one attached hydrogen (secondary N) is 2. The van der Waals surface area contributed by atoms with E-state index in [1.165, 1.54) is 13.0 Å². The summed E-state index contributed by atoms with van der Waals surface area (Å²) in [5, 5.41) is 6.26. The standard InChI is InChI=1S/C19H20ClF3N4O3S/c1-11(8-9-31(3,29)30)25-18(28)17-24-10-15(16(27-17)19(21,22)23)26-12(2)13-6-4-5-7-14(13)20/h4-12,26H,1-3H3,(H,25,28)/b9-8+/t11-,12+/m1/s1.